The van der Waals surface area contributed by atoms with Crippen molar-refractivity contribution >= 4 is 30.2 Å². The molecule has 4 nitrogen and oxygen atoms in total. The van der Waals surface area contributed by atoms with E-state index in [2.05, 4.69) is 17.9 Å². The molecule has 0 aliphatic carbocycles. The molecule has 0 heterocycles. The number of carbonyl (C=O) groups is 1. The van der Waals surface area contributed by atoms with Crippen LogP contribution >= 0.6 is 24.2 Å². The fraction of sp³-hybridized carbons (Fsp3) is 0.174. The van der Waals surface area contributed by atoms with Crippen LogP contribution in [0.4, 0.5) is 13.2 Å². The molecule has 3 aromatic carbocycles. The Balaban J connectivity index is 0.000000380. The summed E-state index contributed by atoms with van der Waals surface area (Å²) in [5, 5.41) is 12.4. The predicted molar refractivity (Wildman–Crippen MR) is 121 cm³/mol. The van der Waals surface area contributed by atoms with Gasteiger partial charge < -0.3 is 15.2 Å². The summed E-state index contributed by atoms with van der Waals surface area (Å²) in [7, 11) is 1.75. The molecule has 0 spiro atoms. The largest absolute Gasteiger partial charge is 0.481 e. The lowest BCUT2D eigenvalue weighted by Gasteiger charge is -2.14. The third-order valence-electron chi connectivity index (χ3n) is 4.10. The maximum absolute atomic E-state index is 12.9. The first-order valence-electron chi connectivity index (χ1n) is 9.34. The number of nitrogens with one attached hydrogen (secondary N) is 1. The average Bonchev–Trinajstić information content (AvgIpc) is 2.75. The maximum atomic E-state index is 12.9. The second-order valence-corrected chi connectivity index (χ2v) is 7.55. The van der Waals surface area contributed by atoms with Crippen LogP contribution in [0, 0.1) is 0 Å². The van der Waals surface area contributed by atoms with Gasteiger partial charge in [0.05, 0.1) is 5.56 Å². The van der Waals surface area contributed by atoms with Crippen molar-refractivity contribution in [3.05, 3.63) is 82.9 Å². The summed E-state index contributed by atoms with van der Waals surface area (Å²) in [6.45, 7) is -0.0531. The smallest absolute Gasteiger partial charge is 0.416 e. The number of aliphatic carboxylic acids is 1. The Morgan fingerprint density at radius 3 is 2.34 bits per heavy atom. The minimum Gasteiger partial charge on any atom is -0.481 e. The molecule has 2 N–H and O–H groups in total. The van der Waals surface area contributed by atoms with E-state index in [-0.39, 0.29) is 5.75 Å². The fourth-order valence-electron chi connectivity index (χ4n) is 2.69. The van der Waals surface area contributed by atoms with Crippen LogP contribution in [0.2, 0.25) is 5.02 Å². The molecule has 0 amide bonds. The number of thiol groups is 1. The number of carboxylic acids is 1. The summed E-state index contributed by atoms with van der Waals surface area (Å²) in [5.74, 6) is -0.944. The van der Waals surface area contributed by atoms with Gasteiger partial charge in [0.1, 0.15) is 5.75 Å². The highest BCUT2D eigenvalue weighted by atomic mass is 35.5. The highest BCUT2D eigenvalue weighted by Gasteiger charge is 2.30. The molecule has 0 saturated heterocycles. The lowest BCUT2D eigenvalue weighted by atomic mass is 9.99. The SMILES string of the molecule is CNCc1ccc(OCC(=O)O)c(-c2cccc(C(F)(F)F)c2)c1.Sc1ccc(Cl)cc1. The van der Waals surface area contributed by atoms with Crippen molar-refractivity contribution in [3.63, 3.8) is 0 Å². The second kappa shape index (κ2) is 11.8. The van der Waals surface area contributed by atoms with Gasteiger partial charge in [-0.15, -0.1) is 12.6 Å². The van der Waals surface area contributed by atoms with Crippen molar-refractivity contribution in [1.82, 2.24) is 5.32 Å². The Kier molecular flexibility index (Phi) is 9.43. The molecule has 3 aromatic rings. The average molecular weight is 484 g/mol. The molecule has 3 rings (SSSR count). The van der Waals surface area contributed by atoms with Gasteiger partial charge in [0.2, 0.25) is 0 Å². The molecule has 0 aromatic heterocycles. The number of hydrogen-bond donors (Lipinski definition) is 3. The lowest BCUT2D eigenvalue weighted by Crippen LogP contribution is -2.11. The molecule has 0 saturated carbocycles. The highest BCUT2D eigenvalue weighted by Crippen LogP contribution is 2.36. The molecule has 0 aliphatic heterocycles. The molecule has 0 fully saturated rings. The van der Waals surface area contributed by atoms with E-state index >= 15 is 0 Å². The van der Waals surface area contributed by atoms with Gasteiger partial charge >= 0.3 is 12.1 Å². The quantitative estimate of drug-likeness (QED) is 0.366. The minimum atomic E-state index is -4.46. The van der Waals surface area contributed by atoms with Crippen LogP contribution in [0.5, 0.6) is 5.75 Å². The molecule has 0 aliphatic rings. The van der Waals surface area contributed by atoms with Gasteiger partial charge in [-0.05, 0) is 66.7 Å². The standard InChI is InChI=1S/C17H16F3NO3.C6H5ClS/c1-21-9-11-5-6-15(24-10-16(22)23)14(7-11)12-3-2-4-13(8-12)17(18,19)20;7-5-1-3-6(8)4-2-5/h2-8,21H,9-10H2,1H3,(H,22,23);1-4,8H. The van der Waals surface area contributed by atoms with Crippen LogP contribution in [0.15, 0.2) is 71.6 Å². The summed E-state index contributed by atoms with van der Waals surface area (Å²) in [4.78, 5) is 11.6. The van der Waals surface area contributed by atoms with Crippen molar-refractivity contribution in [3.8, 4) is 16.9 Å². The summed E-state index contributed by atoms with van der Waals surface area (Å²) < 4.78 is 44.0. The predicted octanol–water partition coefficient (Wildman–Crippen LogP) is 6.18. The second-order valence-electron chi connectivity index (χ2n) is 6.60. The molecular formula is C23H21ClF3NO3S. The van der Waals surface area contributed by atoms with Crippen LogP contribution in [0.25, 0.3) is 11.1 Å². The van der Waals surface area contributed by atoms with Crippen LogP contribution < -0.4 is 10.1 Å². The van der Waals surface area contributed by atoms with Crippen molar-refractivity contribution in [2.75, 3.05) is 13.7 Å². The zero-order valence-electron chi connectivity index (χ0n) is 17.0. The van der Waals surface area contributed by atoms with Gasteiger partial charge in [0.25, 0.3) is 0 Å². The van der Waals surface area contributed by atoms with E-state index in [1.165, 1.54) is 12.1 Å². The summed E-state index contributed by atoms with van der Waals surface area (Å²) in [5.41, 5.74) is 0.786. The number of hydrogen-bond acceptors (Lipinski definition) is 4. The van der Waals surface area contributed by atoms with Gasteiger partial charge in [-0.2, -0.15) is 13.2 Å². The minimum absolute atomic E-state index is 0.219. The van der Waals surface area contributed by atoms with Crippen LogP contribution in [-0.2, 0) is 17.5 Å². The molecule has 0 bridgehead atoms. The molecule has 0 unspecified atom stereocenters. The number of rotatable bonds is 6. The van der Waals surface area contributed by atoms with Gasteiger partial charge in [-0.3, -0.25) is 0 Å². The third-order valence-corrected chi connectivity index (χ3v) is 4.65. The summed E-state index contributed by atoms with van der Waals surface area (Å²) in [6, 6.07) is 17.1. The zero-order chi connectivity index (χ0) is 23.7. The Morgan fingerprint density at radius 1 is 1.09 bits per heavy atom. The number of benzene rings is 3. The van der Waals surface area contributed by atoms with E-state index in [0.717, 1.165) is 27.6 Å². The van der Waals surface area contributed by atoms with Crippen LogP contribution in [-0.4, -0.2) is 24.7 Å². The number of carboxylic acid groups (broad SMARTS) is 1. The Morgan fingerprint density at radius 2 is 1.78 bits per heavy atom. The summed E-state index contributed by atoms with van der Waals surface area (Å²) in [6.07, 6.45) is -4.46. The Labute approximate surface area is 194 Å². The van der Waals surface area contributed by atoms with E-state index in [1.807, 2.05) is 24.3 Å². The van der Waals surface area contributed by atoms with E-state index in [4.69, 9.17) is 21.4 Å². The highest BCUT2D eigenvalue weighted by molar-refractivity contribution is 7.80. The Hall–Kier alpha value is -2.68. The number of ether oxygens (including phenoxy) is 1. The molecule has 9 heteroatoms. The van der Waals surface area contributed by atoms with E-state index in [0.29, 0.717) is 17.7 Å². The maximum Gasteiger partial charge on any atom is 0.416 e. The van der Waals surface area contributed by atoms with Gasteiger partial charge in [-0.25, -0.2) is 4.79 Å². The van der Waals surface area contributed by atoms with Crippen molar-refractivity contribution in [2.45, 2.75) is 17.6 Å². The molecule has 170 valence electrons. The zero-order valence-corrected chi connectivity index (χ0v) is 18.6. The number of halogens is 4. The third kappa shape index (κ3) is 8.11. The topological polar surface area (TPSA) is 58.6 Å². The normalized spacial score (nSPS) is 10.8. The van der Waals surface area contributed by atoms with Gasteiger partial charge in [0.15, 0.2) is 6.61 Å². The molecule has 0 atom stereocenters. The Bertz CT molecular complexity index is 1020. The first-order valence-corrected chi connectivity index (χ1v) is 10.2. The molecule has 0 radical (unpaired) electrons. The van der Waals surface area contributed by atoms with E-state index in [9.17, 15) is 18.0 Å². The van der Waals surface area contributed by atoms with Gasteiger partial charge in [0, 0.05) is 22.0 Å². The van der Waals surface area contributed by atoms with E-state index in [1.54, 1.807) is 25.2 Å². The first-order chi connectivity index (χ1) is 15.1. The lowest BCUT2D eigenvalue weighted by molar-refractivity contribution is -0.139. The summed E-state index contributed by atoms with van der Waals surface area (Å²) >= 11 is 9.65. The van der Waals surface area contributed by atoms with Crippen LogP contribution in [0.3, 0.4) is 0 Å². The van der Waals surface area contributed by atoms with Crippen molar-refractivity contribution in [2.24, 2.45) is 0 Å². The fourth-order valence-corrected chi connectivity index (χ4v) is 2.96. The van der Waals surface area contributed by atoms with Crippen LogP contribution in [0.1, 0.15) is 11.1 Å². The van der Waals surface area contributed by atoms with Gasteiger partial charge in [-0.1, -0.05) is 29.8 Å². The monoisotopic (exact) mass is 483 g/mol. The first kappa shape index (κ1) is 25.6. The van der Waals surface area contributed by atoms with E-state index < -0.39 is 24.3 Å². The van der Waals surface area contributed by atoms with Crippen molar-refractivity contribution in [1.29, 1.82) is 0 Å². The molecular weight excluding hydrogens is 463 g/mol. The number of alkyl halides is 3. The molecule has 32 heavy (non-hydrogen) atoms. The van der Waals surface area contributed by atoms with Crippen molar-refractivity contribution < 1.29 is 27.8 Å².